The molecule has 0 fully saturated rings. The lowest BCUT2D eigenvalue weighted by atomic mass is 10.1. The van der Waals surface area contributed by atoms with Gasteiger partial charge < -0.3 is 10.1 Å². The zero-order valence-electron chi connectivity index (χ0n) is 18.2. The molecule has 0 spiro atoms. The Morgan fingerprint density at radius 2 is 1.67 bits per heavy atom. The number of imidazole rings is 1. The summed E-state index contributed by atoms with van der Waals surface area (Å²) in [5.74, 6) is 0.772. The van der Waals surface area contributed by atoms with Gasteiger partial charge >= 0.3 is 0 Å². The van der Waals surface area contributed by atoms with E-state index in [-0.39, 0.29) is 11.3 Å². The van der Waals surface area contributed by atoms with Crippen molar-refractivity contribution in [3.05, 3.63) is 123 Å². The first-order valence-electron chi connectivity index (χ1n) is 10.8. The first kappa shape index (κ1) is 20.5. The molecule has 0 atom stereocenters. The Balaban J connectivity index is 1.63. The van der Waals surface area contributed by atoms with Gasteiger partial charge in [-0.05, 0) is 54.0 Å². The summed E-state index contributed by atoms with van der Waals surface area (Å²) in [6, 6.07) is 25.0. The third-order valence-corrected chi connectivity index (χ3v) is 5.62. The second kappa shape index (κ2) is 8.63. The molecular weight excluding hydrogens is 410 g/mol. The van der Waals surface area contributed by atoms with E-state index in [0.29, 0.717) is 17.9 Å². The van der Waals surface area contributed by atoms with Crippen molar-refractivity contribution in [2.45, 2.75) is 13.3 Å². The van der Waals surface area contributed by atoms with Gasteiger partial charge in [0, 0.05) is 12.6 Å². The van der Waals surface area contributed by atoms with Crippen molar-refractivity contribution >= 4 is 12.2 Å². The summed E-state index contributed by atoms with van der Waals surface area (Å²) in [7, 11) is 0. The fraction of sp³-hybridized carbons (Fsp3) is 0.0714. The van der Waals surface area contributed by atoms with Crippen LogP contribution in [0.15, 0.2) is 89.9 Å². The molecule has 0 bridgehead atoms. The SMILES string of the molecule is Cc1ccc(Cc2nc3c(/C=C/c4ccccc4)[nH]c(-c4ccc(O)cc4)cn-3c2=O)cc1. The van der Waals surface area contributed by atoms with E-state index in [1.165, 1.54) is 5.56 Å². The number of phenolic OH excluding ortho intramolecular Hbond substituents is 1. The highest BCUT2D eigenvalue weighted by Crippen LogP contribution is 2.25. The summed E-state index contributed by atoms with van der Waals surface area (Å²) >= 11 is 0. The van der Waals surface area contributed by atoms with Crippen LogP contribution in [0.3, 0.4) is 0 Å². The van der Waals surface area contributed by atoms with Crippen molar-refractivity contribution in [2.24, 2.45) is 0 Å². The van der Waals surface area contributed by atoms with Crippen molar-refractivity contribution in [2.75, 3.05) is 0 Å². The van der Waals surface area contributed by atoms with Crippen LogP contribution in [0, 0.1) is 6.92 Å². The van der Waals surface area contributed by atoms with Crippen molar-refractivity contribution < 1.29 is 5.11 Å². The van der Waals surface area contributed by atoms with Gasteiger partial charge in [-0.25, -0.2) is 4.98 Å². The molecule has 0 amide bonds. The summed E-state index contributed by atoms with van der Waals surface area (Å²) in [5.41, 5.74) is 6.00. The number of nitrogens with zero attached hydrogens (tertiary/aromatic N) is 2. The van der Waals surface area contributed by atoms with E-state index in [1.54, 1.807) is 22.9 Å². The standard InChI is InChI=1S/C28H23N3O2/c1-19-7-9-21(10-8-19)17-25-28(33)31-18-26(22-12-14-23(32)15-13-22)29-24(27(31)30-25)16-11-20-5-3-2-4-6-20/h2-16,18,29,32H,17H2,1H3/b16-11+. The quantitative estimate of drug-likeness (QED) is 0.388. The molecule has 3 aromatic carbocycles. The zero-order chi connectivity index (χ0) is 22.8. The van der Waals surface area contributed by atoms with E-state index < -0.39 is 0 Å². The number of hydrogen-bond donors (Lipinski definition) is 2. The van der Waals surface area contributed by atoms with Gasteiger partial charge in [-0.1, -0.05) is 66.2 Å². The lowest BCUT2D eigenvalue weighted by Gasteiger charge is -2.11. The van der Waals surface area contributed by atoms with Gasteiger partial charge in [0.15, 0.2) is 5.82 Å². The minimum atomic E-state index is -0.131. The van der Waals surface area contributed by atoms with Gasteiger partial charge in [0.05, 0.1) is 11.4 Å². The molecule has 0 radical (unpaired) electrons. The van der Waals surface area contributed by atoms with Crippen molar-refractivity contribution in [1.82, 2.24) is 14.5 Å². The van der Waals surface area contributed by atoms with Gasteiger partial charge in [-0.3, -0.25) is 9.36 Å². The van der Waals surface area contributed by atoms with Crippen LogP contribution in [0.1, 0.15) is 28.1 Å². The Kier molecular flexibility index (Phi) is 5.37. The second-order valence-corrected chi connectivity index (χ2v) is 8.09. The molecule has 0 unspecified atom stereocenters. The number of aromatic nitrogens is 3. The molecule has 5 nitrogen and oxygen atoms in total. The molecule has 0 saturated carbocycles. The van der Waals surface area contributed by atoms with Crippen LogP contribution < -0.4 is 5.56 Å². The summed E-state index contributed by atoms with van der Waals surface area (Å²) in [6.07, 6.45) is 6.18. The molecule has 2 heterocycles. The van der Waals surface area contributed by atoms with E-state index in [2.05, 4.69) is 4.98 Å². The number of benzene rings is 3. The van der Waals surface area contributed by atoms with Gasteiger partial charge in [0.1, 0.15) is 11.4 Å². The van der Waals surface area contributed by atoms with E-state index in [0.717, 1.165) is 28.1 Å². The smallest absolute Gasteiger partial charge is 0.278 e. The topological polar surface area (TPSA) is 70.9 Å². The van der Waals surface area contributed by atoms with Crippen molar-refractivity contribution in [3.8, 4) is 22.8 Å². The fourth-order valence-electron chi connectivity index (χ4n) is 3.80. The number of aromatic amines is 1. The van der Waals surface area contributed by atoms with Crippen LogP contribution in [0.2, 0.25) is 0 Å². The lowest BCUT2D eigenvalue weighted by molar-refractivity contribution is 0.475. The molecule has 0 aromatic heterocycles. The molecule has 5 rings (SSSR count). The number of phenols is 1. The zero-order valence-corrected chi connectivity index (χ0v) is 18.2. The van der Waals surface area contributed by atoms with Crippen molar-refractivity contribution in [3.63, 3.8) is 0 Å². The number of hydrogen-bond acceptors (Lipinski definition) is 3. The Morgan fingerprint density at radius 1 is 0.939 bits per heavy atom. The maximum absolute atomic E-state index is 13.3. The van der Waals surface area contributed by atoms with Crippen LogP contribution >= 0.6 is 0 Å². The molecule has 2 aliphatic heterocycles. The molecule has 0 saturated heterocycles. The van der Waals surface area contributed by atoms with Crippen LogP contribution in [-0.2, 0) is 6.42 Å². The summed E-state index contributed by atoms with van der Waals surface area (Å²) in [4.78, 5) is 21.4. The predicted molar refractivity (Wildman–Crippen MR) is 132 cm³/mol. The van der Waals surface area contributed by atoms with E-state index in [1.807, 2.05) is 85.8 Å². The van der Waals surface area contributed by atoms with E-state index >= 15 is 0 Å². The van der Waals surface area contributed by atoms with Gasteiger partial charge in [0.25, 0.3) is 5.56 Å². The molecule has 3 aromatic rings. The number of fused-ring (bicyclic) bond motifs is 1. The highest BCUT2D eigenvalue weighted by molar-refractivity contribution is 5.73. The average Bonchev–Trinajstić information content (AvgIpc) is 3.15. The van der Waals surface area contributed by atoms with Crippen LogP contribution in [0.25, 0.3) is 29.2 Å². The molecule has 2 aliphatic rings. The first-order valence-corrected chi connectivity index (χ1v) is 10.8. The highest BCUT2D eigenvalue weighted by Gasteiger charge is 2.19. The third-order valence-electron chi connectivity index (χ3n) is 5.62. The Labute approximate surface area is 191 Å². The largest absolute Gasteiger partial charge is 0.508 e. The van der Waals surface area contributed by atoms with Crippen LogP contribution in [0.5, 0.6) is 5.75 Å². The fourth-order valence-corrected chi connectivity index (χ4v) is 3.80. The van der Waals surface area contributed by atoms with Crippen LogP contribution in [-0.4, -0.2) is 19.6 Å². The lowest BCUT2D eigenvalue weighted by Crippen LogP contribution is -2.17. The normalized spacial score (nSPS) is 11.4. The number of H-pyrrole nitrogens is 1. The predicted octanol–water partition coefficient (Wildman–Crippen LogP) is 5.44. The number of nitrogens with one attached hydrogen (secondary N) is 1. The first-order chi connectivity index (χ1) is 16.1. The summed E-state index contributed by atoms with van der Waals surface area (Å²) in [6.45, 7) is 2.04. The average molecular weight is 434 g/mol. The Bertz CT molecular complexity index is 1440. The Morgan fingerprint density at radius 3 is 2.39 bits per heavy atom. The number of aryl methyl sites for hydroxylation is 1. The van der Waals surface area contributed by atoms with Gasteiger partial charge in [-0.15, -0.1) is 0 Å². The van der Waals surface area contributed by atoms with Gasteiger partial charge in [-0.2, -0.15) is 0 Å². The molecule has 0 aliphatic carbocycles. The molecule has 2 N–H and O–H groups in total. The number of rotatable bonds is 5. The molecule has 5 heteroatoms. The maximum atomic E-state index is 13.3. The maximum Gasteiger partial charge on any atom is 0.278 e. The van der Waals surface area contributed by atoms with Gasteiger partial charge in [0.2, 0.25) is 0 Å². The van der Waals surface area contributed by atoms with Crippen molar-refractivity contribution in [1.29, 1.82) is 0 Å². The summed E-state index contributed by atoms with van der Waals surface area (Å²) in [5, 5.41) is 9.66. The highest BCUT2D eigenvalue weighted by atomic mass is 16.3. The third kappa shape index (κ3) is 4.34. The summed E-state index contributed by atoms with van der Waals surface area (Å²) < 4.78 is 1.60. The Hall–Kier alpha value is -4.38. The molecule has 162 valence electrons. The second-order valence-electron chi connectivity index (χ2n) is 8.09. The molecular formula is C28H23N3O2. The number of aromatic hydroxyl groups is 1. The monoisotopic (exact) mass is 433 g/mol. The molecule has 33 heavy (non-hydrogen) atoms. The van der Waals surface area contributed by atoms with E-state index in [9.17, 15) is 9.90 Å². The van der Waals surface area contributed by atoms with E-state index in [4.69, 9.17) is 4.98 Å². The minimum Gasteiger partial charge on any atom is -0.508 e. The van der Waals surface area contributed by atoms with Crippen LogP contribution in [0.4, 0.5) is 0 Å². The minimum absolute atomic E-state index is 0.131.